The van der Waals surface area contributed by atoms with Crippen LogP contribution in [-0.4, -0.2) is 25.0 Å². The third kappa shape index (κ3) is 6.46. The molecular formula is C18H23N3O3S. The van der Waals surface area contributed by atoms with E-state index in [1.165, 1.54) is 0 Å². The molecule has 0 aliphatic rings. The van der Waals surface area contributed by atoms with Gasteiger partial charge in [0.25, 0.3) is 0 Å². The van der Waals surface area contributed by atoms with Crippen molar-refractivity contribution in [3.63, 3.8) is 0 Å². The van der Waals surface area contributed by atoms with Gasteiger partial charge in [-0.15, -0.1) is 0 Å². The molecule has 0 amide bonds. The zero-order valence-corrected chi connectivity index (χ0v) is 15.4. The maximum atomic E-state index is 5.78. The molecule has 134 valence electrons. The van der Waals surface area contributed by atoms with Gasteiger partial charge >= 0.3 is 0 Å². The van der Waals surface area contributed by atoms with Gasteiger partial charge in [-0.3, -0.25) is 5.43 Å². The number of furan rings is 1. The van der Waals surface area contributed by atoms with E-state index < -0.39 is 0 Å². The largest absolute Gasteiger partial charge is 0.493 e. The molecule has 0 saturated carbocycles. The first-order valence-corrected chi connectivity index (χ1v) is 8.39. The maximum absolute atomic E-state index is 5.78. The summed E-state index contributed by atoms with van der Waals surface area (Å²) in [4.78, 5) is 0. The summed E-state index contributed by atoms with van der Waals surface area (Å²) in [6.45, 7) is 5.32. The van der Waals surface area contributed by atoms with E-state index in [1.807, 2.05) is 30.3 Å². The second kappa shape index (κ2) is 9.68. The third-order valence-electron chi connectivity index (χ3n) is 3.14. The van der Waals surface area contributed by atoms with Crippen molar-refractivity contribution in [3.05, 3.63) is 47.9 Å². The zero-order chi connectivity index (χ0) is 18.1. The minimum atomic E-state index is 0.414. The molecule has 1 aromatic heterocycles. The first-order chi connectivity index (χ1) is 12.1. The van der Waals surface area contributed by atoms with Crippen LogP contribution in [-0.2, 0) is 6.54 Å². The highest BCUT2D eigenvalue weighted by atomic mass is 32.1. The molecule has 0 aliphatic carbocycles. The molecule has 0 unspecified atom stereocenters. The predicted molar refractivity (Wildman–Crippen MR) is 102 cm³/mol. The van der Waals surface area contributed by atoms with E-state index in [0.29, 0.717) is 35.7 Å². The van der Waals surface area contributed by atoms with Gasteiger partial charge in [0.05, 0.1) is 32.7 Å². The van der Waals surface area contributed by atoms with Crippen molar-refractivity contribution in [1.82, 2.24) is 10.7 Å². The number of nitrogens with zero attached hydrogens (tertiary/aromatic N) is 1. The Balaban J connectivity index is 1.88. The Morgan fingerprint density at radius 3 is 2.84 bits per heavy atom. The number of ether oxygens (including phenoxy) is 2. The van der Waals surface area contributed by atoms with E-state index in [-0.39, 0.29) is 0 Å². The van der Waals surface area contributed by atoms with Crippen LogP contribution in [0.1, 0.15) is 25.2 Å². The molecule has 0 radical (unpaired) electrons. The lowest BCUT2D eigenvalue weighted by Gasteiger charge is -2.12. The van der Waals surface area contributed by atoms with Crippen molar-refractivity contribution < 1.29 is 13.9 Å². The highest BCUT2D eigenvalue weighted by Gasteiger charge is 2.06. The van der Waals surface area contributed by atoms with Gasteiger partial charge < -0.3 is 19.2 Å². The van der Waals surface area contributed by atoms with Crippen molar-refractivity contribution in [3.8, 4) is 11.5 Å². The Morgan fingerprint density at radius 1 is 1.32 bits per heavy atom. The van der Waals surface area contributed by atoms with Crippen LogP contribution in [0.25, 0.3) is 0 Å². The van der Waals surface area contributed by atoms with E-state index in [9.17, 15) is 0 Å². The van der Waals surface area contributed by atoms with Crippen LogP contribution in [0.2, 0.25) is 0 Å². The number of nitrogens with one attached hydrogen (secondary N) is 2. The molecule has 2 aromatic rings. The minimum absolute atomic E-state index is 0.414. The lowest BCUT2D eigenvalue weighted by molar-refractivity contribution is 0.257. The van der Waals surface area contributed by atoms with Crippen LogP contribution >= 0.6 is 12.2 Å². The molecule has 2 N–H and O–H groups in total. The summed E-state index contributed by atoms with van der Waals surface area (Å²) < 4.78 is 16.3. The third-order valence-corrected chi connectivity index (χ3v) is 3.38. The quantitative estimate of drug-likeness (QED) is 0.427. The monoisotopic (exact) mass is 361 g/mol. The standard InChI is InChI=1S/C18H23N3O3S/c1-13(2)12-24-17-9-14(6-7-16(17)22-3)10-20-21-18(25)19-11-15-5-4-8-23-15/h4-10,13H,11-12H2,1-3H3,(H2,19,21,25)/b20-10+. The van der Waals surface area contributed by atoms with Crippen molar-refractivity contribution in [2.75, 3.05) is 13.7 Å². The van der Waals surface area contributed by atoms with E-state index in [1.54, 1.807) is 19.6 Å². The van der Waals surface area contributed by atoms with Gasteiger partial charge in [0, 0.05) is 0 Å². The molecule has 0 aliphatic heterocycles. The molecule has 25 heavy (non-hydrogen) atoms. The average molecular weight is 361 g/mol. The van der Waals surface area contributed by atoms with Gasteiger partial charge in [-0.25, -0.2) is 0 Å². The van der Waals surface area contributed by atoms with Crippen LogP contribution < -0.4 is 20.2 Å². The fraction of sp³-hybridized carbons (Fsp3) is 0.333. The molecule has 0 bridgehead atoms. The Hall–Kier alpha value is -2.54. The molecule has 0 atom stereocenters. The maximum Gasteiger partial charge on any atom is 0.187 e. The van der Waals surface area contributed by atoms with Gasteiger partial charge in [-0.2, -0.15) is 5.10 Å². The minimum Gasteiger partial charge on any atom is -0.493 e. The van der Waals surface area contributed by atoms with Crippen LogP contribution in [0.3, 0.4) is 0 Å². The van der Waals surface area contributed by atoms with Crippen molar-refractivity contribution in [2.45, 2.75) is 20.4 Å². The summed E-state index contributed by atoms with van der Waals surface area (Å²) in [5, 5.41) is 7.54. The van der Waals surface area contributed by atoms with Crippen molar-refractivity contribution in [1.29, 1.82) is 0 Å². The SMILES string of the molecule is COc1ccc(/C=N/NC(=S)NCc2ccco2)cc1OCC(C)C. The second-order valence-electron chi connectivity index (χ2n) is 5.75. The van der Waals surface area contributed by atoms with Crippen LogP contribution in [0.5, 0.6) is 11.5 Å². The first-order valence-electron chi connectivity index (χ1n) is 7.98. The van der Waals surface area contributed by atoms with Gasteiger partial charge in [0.1, 0.15) is 5.76 Å². The molecule has 0 fully saturated rings. The molecule has 7 heteroatoms. The van der Waals surface area contributed by atoms with Crippen LogP contribution in [0.4, 0.5) is 0 Å². The molecule has 1 aromatic carbocycles. The van der Waals surface area contributed by atoms with E-state index in [4.69, 9.17) is 26.1 Å². The lowest BCUT2D eigenvalue weighted by Crippen LogP contribution is -2.31. The number of hydrazone groups is 1. The zero-order valence-electron chi connectivity index (χ0n) is 14.6. The summed E-state index contributed by atoms with van der Waals surface area (Å²) in [6, 6.07) is 9.32. The Labute approximate surface area is 153 Å². The highest BCUT2D eigenvalue weighted by molar-refractivity contribution is 7.80. The summed E-state index contributed by atoms with van der Waals surface area (Å²) in [6.07, 6.45) is 3.29. The molecular weight excluding hydrogens is 338 g/mol. The predicted octanol–water partition coefficient (Wildman–Crippen LogP) is 3.32. The number of hydrogen-bond acceptors (Lipinski definition) is 5. The average Bonchev–Trinajstić information content (AvgIpc) is 3.12. The van der Waals surface area contributed by atoms with E-state index in [0.717, 1.165) is 11.3 Å². The number of methoxy groups -OCH3 is 1. The fourth-order valence-electron chi connectivity index (χ4n) is 1.93. The summed E-state index contributed by atoms with van der Waals surface area (Å²) in [7, 11) is 1.62. The van der Waals surface area contributed by atoms with Gasteiger partial charge in [-0.05, 0) is 54.0 Å². The molecule has 1 heterocycles. The first kappa shape index (κ1) is 18.8. The number of benzene rings is 1. The number of hydrogen-bond donors (Lipinski definition) is 2. The number of rotatable bonds is 8. The topological polar surface area (TPSA) is 68.0 Å². The summed E-state index contributed by atoms with van der Waals surface area (Å²) >= 11 is 5.16. The van der Waals surface area contributed by atoms with Crippen LogP contribution in [0.15, 0.2) is 46.1 Å². The normalized spacial score (nSPS) is 10.9. The lowest BCUT2D eigenvalue weighted by atomic mass is 10.2. The van der Waals surface area contributed by atoms with E-state index in [2.05, 4.69) is 29.7 Å². The van der Waals surface area contributed by atoms with Gasteiger partial charge in [0.15, 0.2) is 16.6 Å². The Bertz CT molecular complexity index is 700. The molecule has 6 nitrogen and oxygen atoms in total. The Kier molecular flexibility index (Phi) is 7.28. The molecule has 0 spiro atoms. The second-order valence-corrected chi connectivity index (χ2v) is 6.16. The summed E-state index contributed by atoms with van der Waals surface area (Å²) in [5.74, 6) is 2.62. The molecule has 0 saturated heterocycles. The smallest absolute Gasteiger partial charge is 0.187 e. The van der Waals surface area contributed by atoms with Gasteiger partial charge in [0.2, 0.25) is 0 Å². The van der Waals surface area contributed by atoms with Crippen molar-refractivity contribution in [2.24, 2.45) is 11.0 Å². The Morgan fingerprint density at radius 2 is 2.16 bits per heavy atom. The summed E-state index contributed by atoms with van der Waals surface area (Å²) in [5.41, 5.74) is 3.64. The molecule has 2 rings (SSSR count). The van der Waals surface area contributed by atoms with Gasteiger partial charge in [-0.1, -0.05) is 13.8 Å². The highest BCUT2D eigenvalue weighted by Crippen LogP contribution is 2.27. The van der Waals surface area contributed by atoms with Crippen molar-refractivity contribution >= 4 is 23.5 Å². The fourth-order valence-corrected chi connectivity index (χ4v) is 2.05. The van der Waals surface area contributed by atoms with Crippen LogP contribution in [0, 0.1) is 5.92 Å². The van der Waals surface area contributed by atoms with E-state index >= 15 is 0 Å². The number of thiocarbonyl (C=S) groups is 1.